The van der Waals surface area contributed by atoms with Crippen molar-refractivity contribution in [3.63, 3.8) is 0 Å². The van der Waals surface area contributed by atoms with Gasteiger partial charge in [-0.25, -0.2) is 8.78 Å². The Labute approximate surface area is 121 Å². The molecule has 0 fully saturated rings. The van der Waals surface area contributed by atoms with Crippen molar-refractivity contribution in [1.82, 2.24) is 0 Å². The molecule has 20 heavy (non-hydrogen) atoms. The highest BCUT2D eigenvalue weighted by molar-refractivity contribution is 6.31. The third-order valence-corrected chi connectivity index (χ3v) is 3.50. The van der Waals surface area contributed by atoms with Crippen LogP contribution in [0, 0.1) is 18.6 Å². The average molecular weight is 297 g/mol. The van der Waals surface area contributed by atoms with Crippen LogP contribution in [0.5, 0.6) is 0 Å². The zero-order chi connectivity index (χ0) is 14.7. The standard InChI is InChI=1S/C16H15ClF2O/c1-10-5-6-11(14(17)7-10)8-13(20)9-12-3-2-4-15(18)16(12)19/h2-7,13,20H,8-9H2,1H3. The summed E-state index contributed by atoms with van der Waals surface area (Å²) >= 11 is 6.09. The molecule has 2 aromatic carbocycles. The number of rotatable bonds is 4. The molecule has 0 heterocycles. The zero-order valence-electron chi connectivity index (χ0n) is 11.0. The summed E-state index contributed by atoms with van der Waals surface area (Å²) < 4.78 is 26.6. The van der Waals surface area contributed by atoms with Gasteiger partial charge in [-0.1, -0.05) is 35.9 Å². The van der Waals surface area contributed by atoms with Gasteiger partial charge in [0.15, 0.2) is 11.6 Å². The normalized spacial score (nSPS) is 12.4. The van der Waals surface area contributed by atoms with Crippen molar-refractivity contribution in [2.24, 2.45) is 0 Å². The third-order valence-electron chi connectivity index (χ3n) is 3.15. The van der Waals surface area contributed by atoms with Gasteiger partial charge in [-0.05, 0) is 35.7 Å². The second-order valence-electron chi connectivity index (χ2n) is 4.87. The first-order chi connectivity index (χ1) is 9.47. The van der Waals surface area contributed by atoms with Gasteiger partial charge < -0.3 is 5.11 Å². The molecule has 0 aliphatic carbocycles. The molecule has 1 N–H and O–H groups in total. The van der Waals surface area contributed by atoms with Gasteiger partial charge in [0.1, 0.15) is 0 Å². The predicted octanol–water partition coefficient (Wildman–Crippen LogP) is 4.07. The number of aliphatic hydroxyl groups is 1. The molecular weight excluding hydrogens is 282 g/mol. The van der Waals surface area contributed by atoms with Crippen molar-refractivity contribution in [3.05, 3.63) is 69.7 Å². The number of aliphatic hydroxyl groups excluding tert-OH is 1. The van der Waals surface area contributed by atoms with Crippen LogP contribution >= 0.6 is 11.6 Å². The van der Waals surface area contributed by atoms with E-state index in [1.54, 1.807) is 0 Å². The van der Waals surface area contributed by atoms with Gasteiger partial charge in [0, 0.05) is 17.9 Å². The molecule has 0 amide bonds. The van der Waals surface area contributed by atoms with Crippen LogP contribution in [0.25, 0.3) is 0 Å². The van der Waals surface area contributed by atoms with E-state index >= 15 is 0 Å². The van der Waals surface area contributed by atoms with E-state index in [4.69, 9.17) is 11.6 Å². The van der Waals surface area contributed by atoms with E-state index in [1.165, 1.54) is 12.1 Å². The molecule has 2 aromatic rings. The minimum Gasteiger partial charge on any atom is -0.392 e. The summed E-state index contributed by atoms with van der Waals surface area (Å²) in [6.45, 7) is 1.92. The molecule has 0 saturated heterocycles. The second-order valence-corrected chi connectivity index (χ2v) is 5.28. The maximum atomic E-state index is 13.5. The summed E-state index contributed by atoms with van der Waals surface area (Å²) in [7, 11) is 0. The molecular formula is C16H15ClF2O. The highest BCUT2D eigenvalue weighted by atomic mass is 35.5. The average Bonchev–Trinajstić information content (AvgIpc) is 2.38. The number of hydrogen-bond donors (Lipinski definition) is 1. The predicted molar refractivity (Wildman–Crippen MR) is 76.0 cm³/mol. The van der Waals surface area contributed by atoms with E-state index in [-0.39, 0.29) is 12.0 Å². The highest BCUT2D eigenvalue weighted by Gasteiger charge is 2.14. The topological polar surface area (TPSA) is 20.2 Å². The molecule has 0 radical (unpaired) electrons. The summed E-state index contributed by atoms with van der Waals surface area (Å²) in [6, 6.07) is 9.51. The van der Waals surface area contributed by atoms with Crippen molar-refractivity contribution in [3.8, 4) is 0 Å². The quantitative estimate of drug-likeness (QED) is 0.901. The van der Waals surface area contributed by atoms with Crippen molar-refractivity contribution in [2.75, 3.05) is 0 Å². The molecule has 0 bridgehead atoms. The lowest BCUT2D eigenvalue weighted by Crippen LogP contribution is -2.15. The van der Waals surface area contributed by atoms with E-state index in [2.05, 4.69) is 0 Å². The SMILES string of the molecule is Cc1ccc(CC(O)Cc2cccc(F)c2F)c(Cl)c1. The molecule has 1 atom stereocenters. The van der Waals surface area contributed by atoms with Gasteiger partial charge in [0.25, 0.3) is 0 Å². The van der Waals surface area contributed by atoms with Crippen LogP contribution in [0.4, 0.5) is 8.78 Å². The fourth-order valence-electron chi connectivity index (χ4n) is 2.10. The lowest BCUT2D eigenvalue weighted by atomic mass is 10.00. The zero-order valence-corrected chi connectivity index (χ0v) is 11.8. The van der Waals surface area contributed by atoms with Crippen LogP contribution in [0.3, 0.4) is 0 Å². The van der Waals surface area contributed by atoms with Crippen LogP contribution in [0.1, 0.15) is 16.7 Å². The second kappa shape index (κ2) is 6.33. The van der Waals surface area contributed by atoms with Crippen molar-refractivity contribution < 1.29 is 13.9 Å². The lowest BCUT2D eigenvalue weighted by molar-refractivity contribution is 0.174. The summed E-state index contributed by atoms with van der Waals surface area (Å²) in [6.07, 6.45) is -0.463. The fraction of sp³-hybridized carbons (Fsp3) is 0.250. The maximum absolute atomic E-state index is 13.5. The first kappa shape index (κ1) is 14.9. The monoisotopic (exact) mass is 296 g/mol. The van der Waals surface area contributed by atoms with Crippen molar-refractivity contribution in [2.45, 2.75) is 25.9 Å². The third kappa shape index (κ3) is 3.56. The Kier molecular flexibility index (Phi) is 4.73. The summed E-state index contributed by atoms with van der Waals surface area (Å²) in [4.78, 5) is 0. The number of aryl methyl sites for hydroxylation is 1. The van der Waals surface area contributed by atoms with E-state index in [0.717, 1.165) is 17.2 Å². The smallest absolute Gasteiger partial charge is 0.162 e. The Morgan fingerprint density at radius 3 is 2.50 bits per heavy atom. The number of hydrogen-bond acceptors (Lipinski definition) is 1. The van der Waals surface area contributed by atoms with Crippen molar-refractivity contribution in [1.29, 1.82) is 0 Å². The van der Waals surface area contributed by atoms with Gasteiger partial charge in [0.05, 0.1) is 6.10 Å². The lowest BCUT2D eigenvalue weighted by Gasteiger charge is -2.13. The molecule has 1 nitrogen and oxygen atoms in total. The van der Waals surface area contributed by atoms with Crippen LogP contribution in [0.15, 0.2) is 36.4 Å². The fourth-order valence-corrected chi connectivity index (χ4v) is 2.42. The first-order valence-corrected chi connectivity index (χ1v) is 6.71. The van der Waals surface area contributed by atoms with Crippen LogP contribution < -0.4 is 0 Å². The molecule has 2 rings (SSSR count). The molecule has 0 aromatic heterocycles. The molecule has 0 aliphatic heterocycles. The first-order valence-electron chi connectivity index (χ1n) is 6.33. The van der Waals surface area contributed by atoms with Gasteiger partial charge in [0.2, 0.25) is 0 Å². The van der Waals surface area contributed by atoms with E-state index in [1.807, 2.05) is 25.1 Å². The van der Waals surface area contributed by atoms with Gasteiger partial charge in [-0.3, -0.25) is 0 Å². The number of benzene rings is 2. The minimum absolute atomic E-state index is 0.0494. The Morgan fingerprint density at radius 1 is 1.10 bits per heavy atom. The largest absolute Gasteiger partial charge is 0.392 e. The van der Waals surface area contributed by atoms with Gasteiger partial charge in [-0.15, -0.1) is 0 Å². The summed E-state index contributed by atoms with van der Waals surface area (Å²) in [5, 5.41) is 10.6. The summed E-state index contributed by atoms with van der Waals surface area (Å²) in [5.74, 6) is -1.80. The molecule has 0 aliphatic rings. The van der Waals surface area contributed by atoms with Crippen LogP contribution in [-0.2, 0) is 12.8 Å². The molecule has 0 spiro atoms. The van der Waals surface area contributed by atoms with Crippen LogP contribution in [0.2, 0.25) is 5.02 Å². The Hall–Kier alpha value is -1.45. The summed E-state index contributed by atoms with van der Waals surface area (Å²) in [5.41, 5.74) is 1.99. The maximum Gasteiger partial charge on any atom is 0.162 e. The Morgan fingerprint density at radius 2 is 1.80 bits per heavy atom. The molecule has 106 valence electrons. The van der Waals surface area contributed by atoms with E-state index < -0.39 is 17.7 Å². The molecule has 4 heteroatoms. The van der Waals surface area contributed by atoms with E-state index in [0.29, 0.717) is 11.4 Å². The van der Waals surface area contributed by atoms with Gasteiger partial charge in [-0.2, -0.15) is 0 Å². The minimum atomic E-state index is -0.901. The molecule has 0 saturated carbocycles. The molecule has 1 unspecified atom stereocenters. The van der Waals surface area contributed by atoms with Crippen molar-refractivity contribution >= 4 is 11.6 Å². The Balaban J connectivity index is 2.09. The highest BCUT2D eigenvalue weighted by Crippen LogP contribution is 2.21. The van der Waals surface area contributed by atoms with Crippen LogP contribution in [-0.4, -0.2) is 11.2 Å². The van der Waals surface area contributed by atoms with Gasteiger partial charge >= 0.3 is 0 Å². The number of halogens is 3. The van der Waals surface area contributed by atoms with E-state index in [9.17, 15) is 13.9 Å². The Bertz CT molecular complexity index is 613.